The Hall–Kier alpha value is -2.68. The molecule has 2 atom stereocenters. The maximum atomic E-state index is 2.65. The van der Waals surface area contributed by atoms with E-state index < -0.39 is 0 Å². The molecule has 0 aromatic heterocycles. The lowest BCUT2D eigenvalue weighted by Crippen LogP contribution is -2.21. The monoisotopic (exact) mass is 420 g/mol. The van der Waals surface area contributed by atoms with Crippen LogP contribution in [0.15, 0.2) is 84.9 Å². The maximum Gasteiger partial charge on any atom is 0.0240 e. The molecular formula is C30H32N2. The molecule has 1 saturated heterocycles. The molecule has 0 spiro atoms. The highest BCUT2D eigenvalue weighted by molar-refractivity contribution is 5.70. The van der Waals surface area contributed by atoms with E-state index in [1.165, 1.54) is 47.3 Å². The highest BCUT2D eigenvalue weighted by Crippen LogP contribution is 2.43. The van der Waals surface area contributed by atoms with E-state index >= 15 is 0 Å². The summed E-state index contributed by atoms with van der Waals surface area (Å²) >= 11 is 0. The third-order valence-corrected chi connectivity index (χ3v) is 7.72. The van der Waals surface area contributed by atoms with Crippen molar-refractivity contribution >= 4 is 5.57 Å². The van der Waals surface area contributed by atoms with Crippen LogP contribution in [0, 0.1) is 11.8 Å². The lowest BCUT2D eigenvalue weighted by molar-refractivity contribution is 0.288. The molecule has 32 heavy (non-hydrogen) atoms. The zero-order valence-electron chi connectivity index (χ0n) is 18.8. The number of likely N-dealkylation sites (tertiary alicyclic amines) is 1. The number of hydrogen-bond acceptors (Lipinski definition) is 2. The summed E-state index contributed by atoms with van der Waals surface area (Å²) in [5.41, 5.74) is 8.93. The Labute approximate surface area is 192 Å². The lowest BCUT2D eigenvalue weighted by Gasteiger charge is -2.18. The molecule has 3 aliphatic rings. The van der Waals surface area contributed by atoms with Gasteiger partial charge in [-0.1, -0.05) is 84.9 Å². The molecule has 2 unspecified atom stereocenters. The van der Waals surface area contributed by atoms with Gasteiger partial charge in [-0.05, 0) is 52.1 Å². The first-order valence-electron chi connectivity index (χ1n) is 12.2. The van der Waals surface area contributed by atoms with Crippen molar-refractivity contribution in [3.63, 3.8) is 0 Å². The summed E-state index contributed by atoms with van der Waals surface area (Å²) in [5.74, 6) is 1.50. The second-order valence-corrected chi connectivity index (χ2v) is 9.87. The molecule has 0 saturated carbocycles. The summed E-state index contributed by atoms with van der Waals surface area (Å²) < 4.78 is 0. The van der Waals surface area contributed by atoms with Crippen LogP contribution in [-0.2, 0) is 26.1 Å². The third kappa shape index (κ3) is 4.05. The first-order chi connectivity index (χ1) is 15.8. The van der Waals surface area contributed by atoms with Crippen molar-refractivity contribution in [1.29, 1.82) is 0 Å². The van der Waals surface area contributed by atoms with Gasteiger partial charge in [-0.3, -0.25) is 9.80 Å². The Morgan fingerprint density at radius 1 is 0.688 bits per heavy atom. The van der Waals surface area contributed by atoms with Crippen LogP contribution in [0.4, 0.5) is 0 Å². The quantitative estimate of drug-likeness (QED) is 0.499. The van der Waals surface area contributed by atoms with Gasteiger partial charge in [-0.2, -0.15) is 0 Å². The average Bonchev–Trinajstić information content (AvgIpc) is 3.52. The van der Waals surface area contributed by atoms with Crippen molar-refractivity contribution in [2.75, 3.05) is 19.6 Å². The molecule has 0 N–H and O–H groups in total. The summed E-state index contributed by atoms with van der Waals surface area (Å²) in [5, 5.41) is 0. The standard InChI is InChI=1S/C30H32N2/c1-2-6-24(7-3-1)18-32-21-28-14-15-29(30(28)22-32)25-12-10-23(11-13-25)16-17-31-19-26-8-4-5-9-27(26)20-31/h1-13,15,28,30H,14,16-22H2. The number of nitrogens with zero attached hydrogens (tertiary/aromatic N) is 2. The molecule has 1 fully saturated rings. The van der Waals surface area contributed by atoms with Crippen LogP contribution in [0.3, 0.4) is 0 Å². The summed E-state index contributed by atoms with van der Waals surface area (Å²) in [6.45, 7) is 6.85. The zero-order valence-corrected chi connectivity index (χ0v) is 18.8. The second-order valence-electron chi connectivity index (χ2n) is 9.87. The van der Waals surface area contributed by atoms with Crippen molar-refractivity contribution in [3.05, 3.63) is 113 Å². The number of fused-ring (bicyclic) bond motifs is 2. The predicted octanol–water partition coefficient (Wildman–Crippen LogP) is 5.78. The third-order valence-electron chi connectivity index (χ3n) is 7.72. The number of hydrogen-bond donors (Lipinski definition) is 0. The molecule has 0 radical (unpaired) electrons. The normalized spacial score (nSPS) is 22.7. The Morgan fingerprint density at radius 2 is 1.41 bits per heavy atom. The Balaban J connectivity index is 1.05. The van der Waals surface area contributed by atoms with Gasteiger partial charge in [0, 0.05) is 45.2 Å². The van der Waals surface area contributed by atoms with Crippen molar-refractivity contribution in [2.24, 2.45) is 11.8 Å². The fourth-order valence-corrected chi connectivity index (χ4v) is 6.00. The van der Waals surface area contributed by atoms with Crippen LogP contribution < -0.4 is 0 Å². The van der Waals surface area contributed by atoms with E-state index in [0.29, 0.717) is 5.92 Å². The topological polar surface area (TPSA) is 6.48 Å². The molecule has 162 valence electrons. The smallest absolute Gasteiger partial charge is 0.0240 e. The number of allylic oxidation sites excluding steroid dienone is 1. The van der Waals surface area contributed by atoms with E-state index in [0.717, 1.165) is 38.5 Å². The van der Waals surface area contributed by atoms with Crippen LogP contribution in [0.2, 0.25) is 0 Å². The van der Waals surface area contributed by atoms with Gasteiger partial charge >= 0.3 is 0 Å². The SMILES string of the molecule is C1=C(c2ccc(CCN3Cc4ccccc4C3)cc2)C2CN(Cc3ccccc3)CC2C1. The molecule has 3 aromatic carbocycles. The Kier molecular flexibility index (Phi) is 5.42. The summed E-state index contributed by atoms with van der Waals surface area (Å²) in [7, 11) is 0. The van der Waals surface area contributed by atoms with E-state index in [1.54, 1.807) is 5.57 Å². The minimum absolute atomic E-state index is 0.702. The summed E-state index contributed by atoms with van der Waals surface area (Å²) in [6, 6.07) is 29.3. The molecule has 2 aliphatic heterocycles. The van der Waals surface area contributed by atoms with Gasteiger partial charge < -0.3 is 0 Å². The molecule has 2 heteroatoms. The van der Waals surface area contributed by atoms with E-state index in [-0.39, 0.29) is 0 Å². The van der Waals surface area contributed by atoms with Gasteiger partial charge in [0.1, 0.15) is 0 Å². The first kappa shape index (κ1) is 20.0. The van der Waals surface area contributed by atoms with Crippen molar-refractivity contribution in [3.8, 4) is 0 Å². The summed E-state index contributed by atoms with van der Waals surface area (Å²) in [4.78, 5) is 5.22. The van der Waals surface area contributed by atoms with Crippen LogP contribution in [0.25, 0.3) is 5.57 Å². The van der Waals surface area contributed by atoms with Gasteiger partial charge in [0.2, 0.25) is 0 Å². The predicted molar refractivity (Wildman–Crippen MR) is 132 cm³/mol. The zero-order chi connectivity index (χ0) is 21.3. The second kappa shape index (κ2) is 8.69. The highest BCUT2D eigenvalue weighted by Gasteiger charge is 2.38. The fourth-order valence-electron chi connectivity index (χ4n) is 6.00. The van der Waals surface area contributed by atoms with Gasteiger partial charge in [0.25, 0.3) is 0 Å². The van der Waals surface area contributed by atoms with Crippen LogP contribution in [-0.4, -0.2) is 29.4 Å². The minimum Gasteiger partial charge on any atom is -0.298 e. The largest absolute Gasteiger partial charge is 0.298 e. The lowest BCUT2D eigenvalue weighted by atomic mass is 9.90. The molecule has 6 rings (SSSR count). The molecule has 0 bridgehead atoms. The van der Waals surface area contributed by atoms with Gasteiger partial charge in [-0.25, -0.2) is 0 Å². The fraction of sp³-hybridized carbons (Fsp3) is 0.333. The minimum atomic E-state index is 0.702. The van der Waals surface area contributed by atoms with Crippen molar-refractivity contribution in [1.82, 2.24) is 9.80 Å². The number of rotatable bonds is 6. The molecule has 2 heterocycles. The molecule has 1 aliphatic carbocycles. The van der Waals surface area contributed by atoms with E-state index in [9.17, 15) is 0 Å². The van der Waals surface area contributed by atoms with Gasteiger partial charge in [-0.15, -0.1) is 0 Å². The summed E-state index contributed by atoms with van der Waals surface area (Å²) in [6.07, 6.45) is 4.89. The number of benzene rings is 3. The molecule has 3 aromatic rings. The molecular weight excluding hydrogens is 388 g/mol. The van der Waals surface area contributed by atoms with Crippen LogP contribution >= 0.6 is 0 Å². The Bertz CT molecular complexity index is 1070. The van der Waals surface area contributed by atoms with Gasteiger partial charge in [0.05, 0.1) is 0 Å². The van der Waals surface area contributed by atoms with Crippen LogP contribution in [0.1, 0.15) is 34.2 Å². The van der Waals surface area contributed by atoms with Gasteiger partial charge in [0.15, 0.2) is 0 Å². The van der Waals surface area contributed by atoms with E-state index in [1.807, 2.05) is 0 Å². The highest BCUT2D eigenvalue weighted by atomic mass is 15.2. The van der Waals surface area contributed by atoms with E-state index in [2.05, 4.69) is 94.7 Å². The van der Waals surface area contributed by atoms with Crippen molar-refractivity contribution in [2.45, 2.75) is 32.5 Å². The average molecular weight is 421 g/mol. The van der Waals surface area contributed by atoms with Crippen molar-refractivity contribution < 1.29 is 0 Å². The van der Waals surface area contributed by atoms with E-state index in [4.69, 9.17) is 0 Å². The maximum absolute atomic E-state index is 2.65. The Morgan fingerprint density at radius 3 is 2.16 bits per heavy atom. The first-order valence-corrected chi connectivity index (χ1v) is 12.2. The molecule has 2 nitrogen and oxygen atoms in total. The molecule has 0 amide bonds. The van der Waals surface area contributed by atoms with Crippen LogP contribution in [0.5, 0.6) is 0 Å².